The molecule has 0 bridgehead atoms. The maximum atomic E-state index is 6.36. The summed E-state index contributed by atoms with van der Waals surface area (Å²) in [5.74, 6) is 0. The molecule has 0 spiro atoms. The zero-order valence-corrected chi connectivity index (χ0v) is 14.2. The number of benzene rings is 3. The summed E-state index contributed by atoms with van der Waals surface area (Å²) in [6, 6.07) is 21.4. The Morgan fingerprint density at radius 1 is 0.792 bits per heavy atom. The summed E-state index contributed by atoms with van der Waals surface area (Å²) in [5.41, 5.74) is 2.95. The number of halogens is 1. The molecule has 3 aromatic carbocycles. The van der Waals surface area contributed by atoms with E-state index in [1.165, 1.54) is 32.7 Å². The second kappa shape index (κ2) is 6.70. The van der Waals surface area contributed by atoms with Crippen molar-refractivity contribution in [3.05, 3.63) is 84.3 Å². The maximum absolute atomic E-state index is 6.36. The van der Waals surface area contributed by atoms with Crippen LogP contribution >= 0.6 is 11.6 Å². The number of aryl methyl sites for hydroxylation is 1. The number of furan rings is 1. The average Bonchev–Trinajstić information content (AvgIpc) is 3.21. The number of rotatable bonds is 0. The van der Waals surface area contributed by atoms with E-state index in [0.29, 0.717) is 5.38 Å². The van der Waals surface area contributed by atoms with Crippen molar-refractivity contribution in [2.24, 2.45) is 0 Å². The Hall–Kier alpha value is -2.25. The standard InChI is InChI=1S/C18H15Cl.C4H4O/c19-14-8-5-13-7-9-16-15-4-2-1-3-12(15)6-10-17(16)18(13)11-14;1-2-4-5-3-1/h1-4,6-7,9-10,14H,5,8,11H2;1-4H. The zero-order chi connectivity index (χ0) is 16.4. The molecule has 1 aliphatic carbocycles. The molecule has 5 rings (SSSR count). The number of hydrogen-bond donors (Lipinski definition) is 0. The van der Waals surface area contributed by atoms with E-state index < -0.39 is 0 Å². The van der Waals surface area contributed by atoms with Crippen LogP contribution in [0, 0.1) is 0 Å². The number of fused-ring (bicyclic) bond motifs is 5. The van der Waals surface area contributed by atoms with Gasteiger partial charge in [0.25, 0.3) is 0 Å². The largest absolute Gasteiger partial charge is 0.473 e. The van der Waals surface area contributed by atoms with Crippen LogP contribution in [-0.2, 0) is 12.8 Å². The highest BCUT2D eigenvalue weighted by Gasteiger charge is 2.19. The fourth-order valence-corrected chi connectivity index (χ4v) is 3.80. The van der Waals surface area contributed by atoms with Crippen LogP contribution in [0.3, 0.4) is 0 Å². The van der Waals surface area contributed by atoms with Crippen LogP contribution in [0.4, 0.5) is 0 Å². The Morgan fingerprint density at radius 3 is 2.38 bits per heavy atom. The molecule has 0 aliphatic heterocycles. The van der Waals surface area contributed by atoms with Crippen LogP contribution in [0.5, 0.6) is 0 Å². The number of hydrogen-bond acceptors (Lipinski definition) is 1. The van der Waals surface area contributed by atoms with E-state index in [-0.39, 0.29) is 0 Å². The van der Waals surface area contributed by atoms with Crippen molar-refractivity contribution in [2.45, 2.75) is 24.6 Å². The second-order valence-electron chi connectivity index (χ2n) is 6.22. The Kier molecular flexibility index (Phi) is 4.27. The smallest absolute Gasteiger partial charge is 0.0902 e. The summed E-state index contributed by atoms with van der Waals surface area (Å²) in [5, 5.41) is 5.71. The van der Waals surface area contributed by atoms with Crippen molar-refractivity contribution in [2.75, 3.05) is 0 Å². The average molecular weight is 335 g/mol. The van der Waals surface area contributed by atoms with Crippen molar-refractivity contribution in [1.82, 2.24) is 0 Å². The van der Waals surface area contributed by atoms with E-state index in [4.69, 9.17) is 11.6 Å². The van der Waals surface area contributed by atoms with Gasteiger partial charge in [-0.2, -0.15) is 0 Å². The van der Waals surface area contributed by atoms with Gasteiger partial charge in [-0.1, -0.05) is 48.5 Å². The first kappa shape index (κ1) is 15.3. The normalized spacial score (nSPS) is 16.5. The fraction of sp³-hybridized carbons (Fsp3) is 0.182. The van der Waals surface area contributed by atoms with Gasteiger partial charge in [0.15, 0.2) is 0 Å². The molecule has 1 atom stereocenters. The zero-order valence-electron chi connectivity index (χ0n) is 13.4. The molecule has 1 nitrogen and oxygen atoms in total. The molecule has 0 fully saturated rings. The van der Waals surface area contributed by atoms with E-state index in [0.717, 1.165) is 19.3 Å². The Morgan fingerprint density at radius 2 is 1.58 bits per heavy atom. The van der Waals surface area contributed by atoms with Gasteiger partial charge in [0, 0.05) is 5.38 Å². The molecule has 1 heterocycles. The van der Waals surface area contributed by atoms with E-state index >= 15 is 0 Å². The van der Waals surface area contributed by atoms with Crippen LogP contribution in [0.25, 0.3) is 21.5 Å². The highest BCUT2D eigenvalue weighted by atomic mass is 35.5. The molecule has 0 saturated heterocycles. The topological polar surface area (TPSA) is 13.1 Å². The lowest BCUT2D eigenvalue weighted by Gasteiger charge is -2.22. The van der Waals surface area contributed by atoms with Crippen LogP contribution in [0.15, 0.2) is 77.6 Å². The quantitative estimate of drug-likeness (QED) is 0.269. The lowest BCUT2D eigenvalue weighted by atomic mass is 9.86. The summed E-state index contributed by atoms with van der Waals surface area (Å²) >= 11 is 6.36. The maximum Gasteiger partial charge on any atom is 0.0902 e. The predicted molar refractivity (Wildman–Crippen MR) is 102 cm³/mol. The highest BCUT2D eigenvalue weighted by Crippen LogP contribution is 2.34. The van der Waals surface area contributed by atoms with Gasteiger partial charge in [0.2, 0.25) is 0 Å². The molecule has 120 valence electrons. The van der Waals surface area contributed by atoms with Crippen molar-refractivity contribution < 1.29 is 4.42 Å². The summed E-state index contributed by atoms with van der Waals surface area (Å²) in [6.45, 7) is 0. The van der Waals surface area contributed by atoms with Gasteiger partial charge >= 0.3 is 0 Å². The molecular weight excluding hydrogens is 316 g/mol. The molecule has 24 heavy (non-hydrogen) atoms. The second-order valence-corrected chi connectivity index (χ2v) is 6.84. The van der Waals surface area contributed by atoms with Crippen LogP contribution in [-0.4, -0.2) is 5.38 Å². The summed E-state index contributed by atoms with van der Waals surface area (Å²) in [4.78, 5) is 0. The lowest BCUT2D eigenvalue weighted by Crippen LogP contribution is -2.14. The van der Waals surface area contributed by atoms with Gasteiger partial charge in [-0.3, -0.25) is 0 Å². The Labute approximate surface area is 146 Å². The third-order valence-electron chi connectivity index (χ3n) is 4.71. The first-order valence-corrected chi connectivity index (χ1v) is 8.80. The molecule has 1 aromatic heterocycles. The Bertz CT molecular complexity index is 939. The Balaban J connectivity index is 0.000000252. The third kappa shape index (κ3) is 2.92. The fourth-order valence-electron chi connectivity index (χ4n) is 3.53. The van der Waals surface area contributed by atoms with Gasteiger partial charge in [0.05, 0.1) is 12.5 Å². The molecule has 0 N–H and O–H groups in total. The van der Waals surface area contributed by atoms with Crippen molar-refractivity contribution in [1.29, 1.82) is 0 Å². The van der Waals surface area contributed by atoms with Crippen LogP contribution in [0.2, 0.25) is 0 Å². The summed E-state index contributed by atoms with van der Waals surface area (Å²) in [7, 11) is 0. The minimum absolute atomic E-state index is 0.296. The van der Waals surface area contributed by atoms with E-state index in [2.05, 4.69) is 52.9 Å². The minimum Gasteiger partial charge on any atom is -0.473 e. The van der Waals surface area contributed by atoms with Gasteiger partial charge in [-0.25, -0.2) is 0 Å². The van der Waals surface area contributed by atoms with Gasteiger partial charge < -0.3 is 4.42 Å². The molecular formula is C22H19ClO. The number of alkyl halides is 1. The molecule has 1 unspecified atom stereocenters. The van der Waals surface area contributed by atoms with Crippen molar-refractivity contribution in [3.63, 3.8) is 0 Å². The van der Waals surface area contributed by atoms with Crippen LogP contribution < -0.4 is 0 Å². The SMILES string of the molecule is ClC1CCc2ccc3c(ccc4ccccc43)c2C1.c1ccoc1. The highest BCUT2D eigenvalue weighted by molar-refractivity contribution is 6.21. The van der Waals surface area contributed by atoms with E-state index in [9.17, 15) is 0 Å². The van der Waals surface area contributed by atoms with Crippen molar-refractivity contribution >= 4 is 33.1 Å². The summed E-state index contributed by atoms with van der Waals surface area (Å²) in [6.07, 6.45) is 6.48. The molecule has 0 amide bonds. The molecule has 2 heteroatoms. The molecule has 1 aliphatic rings. The third-order valence-corrected chi connectivity index (χ3v) is 5.09. The van der Waals surface area contributed by atoms with E-state index in [1.54, 1.807) is 12.5 Å². The molecule has 4 aromatic rings. The molecule has 0 saturated carbocycles. The van der Waals surface area contributed by atoms with Gasteiger partial charge in [-0.05, 0) is 64.1 Å². The first-order chi connectivity index (χ1) is 11.8. The predicted octanol–water partition coefficient (Wildman–Crippen LogP) is 6.37. The van der Waals surface area contributed by atoms with Gasteiger partial charge in [0.1, 0.15) is 0 Å². The first-order valence-electron chi connectivity index (χ1n) is 8.36. The summed E-state index contributed by atoms with van der Waals surface area (Å²) < 4.78 is 4.58. The van der Waals surface area contributed by atoms with Crippen LogP contribution in [0.1, 0.15) is 17.5 Å². The molecule has 0 radical (unpaired) electrons. The van der Waals surface area contributed by atoms with Crippen molar-refractivity contribution in [3.8, 4) is 0 Å². The van der Waals surface area contributed by atoms with Gasteiger partial charge in [-0.15, -0.1) is 11.6 Å². The minimum atomic E-state index is 0.296. The van der Waals surface area contributed by atoms with E-state index in [1.807, 2.05) is 12.1 Å². The monoisotopic (exact) mass is 334 g/mol. The lowest BCUT2D eigenvalue weighted by molar-refractivity contribution is 0.567.